The molecule has 0 bridgehead atoms. The Kier molecular flexibility index (Phi) is 5.13. The van der Waals surface area contributed by atoms with Crippen LogP contribution in [0.4, 0.5) is 13.2 Å². The summed E-state index contributed by atoms with van der Waals surface area (Å²) < 4.78 is 92.6. The third-order valence-electron chi connectivity index (χ3n) is 3.52. The van der Waals surface area contributed by atoms with Crippen LogP contribution in [0.3, 0.4) is 0 Å². The van der Waals surface area contributed by atoms with Gasteiger partial charge >= 0.3 is 16.3 Å². The first-order valence-corrected chi connectivity index (χ1v) is 10.5. The molecule has 142 valence electrons. The molecule has 0 aromatic heterocycles. The molecule has 2 rings (SSSR count). The molecule has 2 aromatic carbocycles. The van der Waals surface area contributed by atoms with E-state index in [9.17, 15) is 30.0 Å². The van der Waals surface area contributed by atoms with E-state index in [1.807, 2.05) is 0 Å². The Morgan fingerprint density at radius 2 is 1.46 bits per heavy atom. The predicted octanol–water partition coefficient (Wildman–Crippen LogP) is 3.49. The van der Waals surface area contributed by atoms with Gasteiger partial charge in [0.2, 0.25) is 0 Å². The van der Waals surface area contributed by atoms with E-state index in [4.69, 9.17) is 4.18 Å². The van der Waals surface area contributed by atoms with Crippen molar-refractivity contribution in [2.24, 2.45) is 0 Å². The highest BCUT2D eigenvalue weighted by molar-refractivity contribution is 7.91. The van der Waals surface area contributed by atoms with Crippen LogP contribution < -0.4 is 4.18 Å². The maximum Gasteiger partial charge on any atom is 0.420 e. The zero-order valence-corrected chi connectivity index (χ0v) is 15.6. The largest absolute Gasteiger partial charge is 0.420 e. The molecule has 0 radical (unpaired) electrons. The van der Waals surface area contributed by atoms with Crippen LogP contribution in [0, 0.1) is 13.8 Å². The summed E-state index contributed by atoms with van der Waals surface area (Å²) in [4.78, 5) is -0.737. The lowest BCUT2D eigenvalue weighted by molar-refractivity contribution is -0.138. The molecule has 5 nitrogen and oxygen atoms in total. The zero-order valence-electron chi connectivity index (χ0n) is 14.0. The standard InChI is InChI=1S/C16H15F3O5S2/c1-10-8-14(25(3,20)21)11(2)15(9-10)26(22,23)24-13-7-5-4-6-12(13)16(17,18)19/h4-9H,1-3H3. The highest BCUT2D eigenvalue weighted by Crippen LogP contribution is 2.37. The molecule has 0 saturated heterocycles. The molecular formula is C16H15F3O5S2. The van der Waals surface area contributed by atoms with Gasteiger partial charge in [-0.25, -0.2) is 8.42 Å². The van der Waals surface area contributed by atoms with Gasteiger partial charge in [-0.2, -0.15) is 21.6 Å². The second kappa shape index (κ2) is 6.58. The molecule has 0 atom stereocenters. The second-order valence-electron chi connectivity index (χ2n) is 5.69. The summed E-state index contributed by atoms with van der Waals surface area (Å²) in [6.07, 6.45) is -3.91. The lowest BCUT2D eigenvalue weighted by atomic mass is 10.2. The number of aryl methyl sites for hydroxylation is 1. The second-order valence-corrected chi connectivity index (χ2v) is 9.19. The minimum Gasteiger partial charge on any atom is -0.378 e. The van der Waals surface area contributed by atoms with E-state index in [2.05, 4.69) is 0 Å². The maximum atomic E-state index is 13.0. The molecule has 0 spiro atoms. The van der Waals surface area contributed by atoms with Crippen molar-refractivity contribution in [1.29, 1.82) is 0 Å². The van der Waals surface area contributed by atoms with Gasteiger partial charge in [-0.05, 0) is 49.2 Å². The molecule has 0 amide bonds. The van der Waals surface area contributed by atoms with E-state index in [1.54, 1.807) is 0 Å². The molecule has 0 aliphatic rings. The average molecular weight is 408 g/mol. The summed E-state index contributed by atoms with van der Waals surface area (Å²) in [5.41, 5.74) is -1.07. The van der Waals surface area contributed by atoms with Crippen molar-refractivity contribution < 1.29 is 34.2 Å². The fourth-order valence-electron chi connectivity index (χ4n) is 2.37. The number of sulfone groups is 1. The van der Waals surface area contributed by atoms with Gasteiger partial charge < -0.3 is 4.18 Å². The number of benzene rings is 2. The molecular weight excluding hydrogens is 393 g/mol. The molecule has 0 heterocycles. The Labute approximate surface area is 149 Å². The van der Waals surface area contributed by atoms with Crippen molar-refractivity contribution in [3.8, 4) is 5.75 Å². The fraction of sp³-hybridized carbons (Fsp3) is 0.250. The lowest BCUT2D eigenvalue weighted by Gasteiger charge is -2.16. The van der Waals surface area contributed by atoms with Crippen LogP contribution in [-0.2, 0) is 26.1 Å². The smallest absolute Gasteiger partial charge is 0.378 e. The molecule has 0 aliphatic carbocycles. The summed E-state index contributed by atoms with van der Waals surface area (Å²) in [5, 5.41) is 0. The Morgan fingerprint density at radius 3 is 2.00 bits per heavy atom. The molecule has 26 heavy (non-hydrogen) atoms. The molecule has 0 N–H and O–H groups in total. The number of rotatable bonds is 4. The van der Waals surface area contributed by atoms with Gasteiger partial charge in [-0.1, -0.05) is 12.1 Å². The minimum absolute atomic E-state index is 0.123. The van der Waals surface area contributed by atoms with Crippen LogP contribution in [0.25, 0.3) is 0 Å². The number of halogens is 3. The molecule has 0 aliphatic heterocycles. The van der Waals surface area contributed by atoms with Gasteiger partial charge in [0, 0.05) is 6.26 Å². The van der Waals surface area contributed by atoms with E-state index >= 15 is 0 Å². The summed E-state index contributed by atoms with van der Waals surface area (Å²) >= 11 is 0. The van der Waals surface area contributed by atoms with Crippen LogP contribution in [0.5, 0.6) is 5.75 Å². The lowest BCUT2D eigenvalue weighted by Crippen LogP contribution is -2.16. The number of hydrogen-bond acceptors (Lipinski definition) is 5. The van der Waals surface area contributed by atoms with Gasteiger partial charge in [0.25, 0.3) is 0 Å². The maximum absolute atomic E-state index is 13.0. The van der Waals surface area contributed by atoms with E-state index in [0.717, 1.165) is 24.5 Å². The SMILES string of the molecule is Cc1cc(S(C)(=O)=O)c(C)c(S(=O)(=O)Oc2ccccc2C(F)(F)F)c1. The monoisotopic (exact) mass is 408 g/mol. The van der Waals surface area contributed by atoms with Crippen LogP contribution in [0.2, 0.25) is 0 Å². The van der Waals surface area contributed by atoms with Crippen molar-refractivity contribution in [3.05, 3.63) is 53.1 Å². The van der Waals surface area contributed by atoms with Gasteiger partial charge in [-0.3, -0.25) is 0 Å². The van der Waals surface area contributed by atoms with Gasteiger partial charge in [-0.15, -0.1) is 0 Å². The van der Waals surface area contributed by atoms with Crippen molar-refractivity contribution >= 4 is 20.0 Å². The summed E-state index contributed by atoms with van der Waals surface area (Å²) in [5.74, 6) is -0.887. The first-order chi connectivity index (χ1) is 11.7. The van der Waals surface area contributed by atoms with Gasteiger partial charge in [0.1, 0.15) is 4.90 Å². The fourth-order valence-corrected chi connectivity index (χ4v) is 4.79. The number of alkyl halides is 3. The number of hydrogen-bond donors (Lipinski definition) is 0. The molecule has 2 aromatic rings. The molecule has 10 heteroatoms. The highest BCUT2D eigenvalue weighted by atomic mass is 32.2. The first-order valence-electron chi connectivity index (χ1n) is 7.15. The number of para-hydroxylation sites is 1. The molecule has 0 fully saturated rings. The van der Waals surface area contributed by atoms with Crippen molar-refractivity contribution in [1.82, 2.24) is 0 Å². The van der Waals surface area contributed by atoms with Crippen LogP contribution in [-0.4, -0.2) is 23.1 Å². The van der Waals surface area contributed by atoms with Crippen LogP contribution in [0.15, 0.2) is 46.2 Å². The zero-order chi connectivity index (χ0) is 19.9. The first kappa shape index (κ1) is 20.2. The molecule has 0 unspecified atom stereocenters. The van der Waals surface area contributed by atoms with Crippen molar-refractivity contribution in [2.75, 3.05) is 6.26 Å². The third kappa shape index (κ3) is 4.18. The summed E-state index contributed by atoms with van der Waals surface area (Å²) in [6, 6.07) is 6.30. The highest BCUT2D eigenvalue weighted by Gasteiger charge is 2.36. The minimum atomic E-state index is -4.81. The third-order valence-corrected chi connectivity index (χ3v) is 6.10. The van der Waals surface area contributed by atoms with E-state index in [-0.39, 0.29) is 10.5 Å². The Hall–Kier alpha value is -2.07. The topological polar surface area (TPSA) is 77.5 Å². The Morgan fingerprint density at radius 1 is 0.923 bits per heavy atom. The van der Waals surface area contributed by atoms with Crippen LogP contribution in [0.1, 0.15) is 16.7 Å². The summed E-state index contributed by atoms with van der Waals surface area (Å²) in [6.45, 7) is 2.72. The normalized spacial score (nSPS) is 12.8. The Bertz CT molecular complexity index is 1060. The van der Waals surface area contributed by atoms with Crippen LogP contribution >= 0.6 is 0 Å². The predicted molar refractivity (Wildman–Crippen MR) is 88.3 cm³/mol. The molecule has 0 saturated carbocycles. The summed E-state index contributed by atoms with van der Waals surface area (Å²) in [7, 11) is -8.44. The Balaban J connectivity index is 2.63. The van der Waals surface area contributed by atoms with Gasteiger partial charge in [0.05, 0.1) is 10.5 Å². The van der Waals surface area contributed by atoms with E-state index in [0.29, 0.717) is 11.6 Å². The average Bonchev–Trinajstić information content (AvgIpc) is 2.47. The van der Waals surface area contributed by atoms with E-state index in [1.165, 1.54) is 26.0 Å². The van der Waals surface area contributed by atoms with Crippen molar-refractivity contribution in [3.63, 3.8) is 0 Å². The van der Waals surface area contributed by atoms with Gasteiger partial charge in [0.15, 0.2) is 15.6 Å². The quantitative estimate of drug-likeness (QED) is 0.724. The van der Waals surface area contributed by atoms with E-state index < -0.39 is 42.3 Å². The van der Waals surface area contributed by atoms with Crippen molar-refractivity contribution in [2.45, 2.75) is 29.8 Å².